The van der Waals surface area contributed by atoms with Gasteiger partial charge < -0.3 is 19.1 Å². The first-order valence-corrected chi connectivity index (χ1v) is 9.43. The van der Waals surface area contributed by atoms with Crippen LogP contribution in [0.3, 0.4) is 0 Å². The second-order valence-electron chi connectivity index (χ2n) is 6.91. The van der Waals surface area contributed by atoms with E-state index in [-0.39, 0.29) is 5.91 Å². The van der Waals surface area contributed by atoms with Crippen LogP contribution in [0.1, 0.15) is 21.5 Å². The maximum Gasteiger partial charge on any atom is 0.261 e. The summed E-state index contributed by atoms with van der Waals surface area (Å²) in [6.07, 6.45) is 0. The highest BCUT2D eigenvalue weighted by Crippen LogP contribution is 2.30. The number of hydrogen-bond donors (Lipinski definition) is 0. The van der Waals surface area contributed by atoms with E-state index in [1.807, 2.05) is 17.0 Å². The minimum Gasteiger partial charge on any atom is -0.496 e. The van der Waals surface area contributed by atoms with Crippen LogP contribution in [0.2, 0.25) is 0 Å². The predicted octanol–water partition coefficient (Wildman–Crippen LogP) is 2.98. The van der Waals surface area contributed by atoms with Crippen molar-refractivity contribution in [1.82, 2.24) is 9.80 Å². The van der Waals surface area contributed by atoms with Gasteiger partial charge in [-0.1, -0.05) is 18.2 Å². The van der Waals surface area contributed by atoms with Crippen LogP contribution in [-0.2, 0) is 6.54 Å². The van der Waals surface area contributed by atoms with E-state index in [0.29, 0.717) is 30.2 Å². The lowest BCUT2D eigenvalue weighted by Crippen LogP contribution is -2.48. The molecule has 1 saturated heterocycles. The number of carbonyl (C=O) groups is 1. The van der Waals surface area contributed by atoms with Crippen molar-refractivity contribution in [3.8, 4) is 17.2 Å². The monoisotopic (exact) mass is 384 g/mol. The number of piperazine rings is 1. The number of nitrogens with zero attached hydrogens (tertiary/aromatic N) is 2. The zero-order valence-electron chi connectivity index (χ0n) is 17.0. The van der Waals surface area contributed by atoms with E-state index in [2.05, 4.69) is 24.0 Å². The van der Waals surface area contributed by atoms with Crippen molar-refractivity contribution in [1.29, 1.82) is 0 Å². The van der Waals surface area contributed by atoms with Crippen LogP contribution < -0.4 is 14.2 Å². The number of ether oxygens (including phenoxy) is 3. The molecule has 1 aliphatic heterocycles. The molecule has 0 spiro atoms. The van der Waals surface area contributed by atoms with Crippen molar-refractivity contribution in [3.05, 3.63) is 53.1 Å². The molecule has 150 valence electrons. The van der Waals surface area contributed by atoms with E-state index in [4.69, 9.17) is 14.2 Å². The molecule has 3 rings (SSSR count). The lowest BCUT2D eigenvalue weighted by molar-refractivity contribution is 0.0622. The summed E-state index contributed by atoms with van der Waals surface area (Å²) in [5, 5.41) is 0. The third kappa shape index (κ3) is 4.22. The zero-order valence-corrected chi connectivity index (χ0v) is 17.0. The van der Waals surface area contributed by atoms with Gasteiger partial charge in [0.05, 0.1) is 21.3 Å². The van der Waals surface area contributed by atoms with Crippen LogP contribution in [0.4, 0.5) is 0 Å². The van der Waals surface area contributed by atoms with Crippen molar-refractivity contribution in [2.24, 2.45) is 0 Å². The summed E-state index contributed by atoms with van der Waals surface area (Å²) in [5.41, 5.74) is 2.88. The Bertz CT molecular complexity index is 807. The molecule has 0 N–H and O–H groups in total. The van der Waals surface area contributed by atoms with Crippen LogP contribution >= 0.6 is 0 Å². The summed E-state index contributed by atoms with van der Waals surface area (Å²) in [4.78, 5) is 17.3. The van der Waals surface area contributed by atoms with Crippen molar-refractivity contribution in [2.45, 2.75) is 13.5 Å². The number of carbonyl (C=O) groups excluding carboxylic acids is 1. The van der Waals surface area contributed by atoms with E-state index < -0.39 is 0 Å². The molecule has 6 nitrogen and oxygen atoms in total. The highest BCUT2D eigenvalue weighted by Gasteiger charge is 2.27. The van der Waals surface area contributed by atoms with E-state index in [9.17, 15) is 4.79 Å². The van der Waals surface area contributed by atoms with Gasteiger partial charge in [-0.3, -0.25) is 9.69 Å². The Morgan fingerprint density at radius 3 is 2.04 bits per heavy atom. The largest absolute Gasteiger partial charge is 0.496 e. The second-order valence-corrected chi connectivity index (χ2v) is 6.91. The van der Waals surface area contributed by atoms with E-state index in [0.717, 1.165) is 30.9 Å². The molecule has 2 aromatic rings. The minimum absolute atomic E-state index is 0.0470. The third-order valence-corrected chi connectivity index (χ3v) is 5.17. The molecule has 1 heterocycles. The SMILES string of the molecule is COc1ccc(CN2CCN(C(=O)c3c(OC)cccc3OC)CC2)cc1C. The molecule has 1 aliphatic rings. The summed E-state index contributed by atoms with van der Waals surface area (Å²) in [6, 6.07) is 11.7. The number of benzene rings is 2. The molecule has 0 bridgehead atoms. The van der Waals surface area contributed by atoms with Gasteiger partial charge in [0.2, 0.25) is 0 Å². The number of hydrogen-bond acceptors (Lipinski definition) is 5. The lowest BCUT2D eigenvalue weighted by atomic mass is 10.1. The number of rotatable bonds is 6. The fourth-order valence-corrected chi connectivity index (χ4v) is 3.63. The van der Waals surface area contributed by atoms with Crippen LogP contribution in [0, 0.1) is 6.92 Å². The van der Waals surface area contributed by atoms with Crippen LogP contribution in [0.5, 0.6) is 17.2 Å². The number of methoxy groups -OCH3 is 3. The molecule has 0 saturated carbocycles. The maximum atomic E-state index is 13.1. The molecule has 0 aliphatic carbocycles. The maximum absolute atomic E-state index is 13.1. The van der Waals surface area contributed by atoms with Gasteiger partial charge >= 0.3 is 0 Å². The average Bonchev–Trinajstić information content (AvgIpc) is 2.73. The Balaban J connectivity index is 1.64. The van der Waals surface area contributed by atoms with Crippen LogP contribution in [0.15, 0.2) is 36.4 Å². The third-order valence-electron chi connectivity index (χ3n) is 5.17. The molecular weight excluding hydrogens is 356 g/mol. The first-order valence-electron chi connectivity index (χ1n) is 9.43. The van der Waals surface area contributed by atoms with Gasteiger partial charge in [0.1, 0.15) is 22.8 Å². The van der Waals surface area contributed by atoms with E-state index >= 15 is 0 Å². The Morgan fingerprint density at radius 1 is 0.893 bits per heavy atom. The zero-order chi connectivity index (χ0) is 20.1. The highest BCUT2D eigenvalue weighted by molar-refractivity contribution is 5.99. The molecule has 1 fully saturated rings. The summed E-state index contributed by atoms with van der Waals surface area (Å²) in [5.74, 6) is 1.94. The molecule has 28 heavy (non-hydrogen) atoms. The number of aryl methyl sites for hydroxylation is 1. The quantitative estimate of drug-likeness (QED) is 0.766. The van der Waals surface area contributed by atoms with E-state index in [1.54, 1.807) is 33.5 Å². The van der Waals surface area contributed by atoms with Crippen molar-refractivity contribution in [3.63, 3.8) is 0 Å². The highest BCUT2D eigenvalue weighted by atomic mass is 16.5. The van der Waals surface area contributed by atoms with E-state index in [1.165, 1.54) is 5.56 Å². The molecule has 1 amide bonds. The number of amides is 1. The smallest absolute Gasteiger partial charge is 0.261 e. The Morgan fingerprint density at radius 2 is 1.50 bits per heavy atom. The Hall–Kier alpha value is -2.73. The average molecular weight is 384 g/mol. The molecule has 0 unspecified atom stereocenters. The predicted molar refractivity (Wildman–Crippen MR) is 108 cm³/mol. The fourth-order valence-electron chi connectivity index (χ4n) is 3.63. The first kappa shape index (κ1) is 20.0. The standard InChI is InChI=1S/C22H28N2O4/c1-16-14-17(8-9-18(16)26-2)15-23-10-12-24(13-11-23)22(25)21-19(27-3)6-5-7-20(21)28-4/h5-9,14H,10-13,15H2,1-4H3. The van der Waals surface area contributed by atoms with Gasteiger partial charge in [0, 0.05) is 32.7 Å². The van der Waals surface area contributed by atoms with Gasteiger partial charge in [0.25, 0.3) is 5.91 Å². The summed E-state index contributed by atoms with van der Waals surface area (Å²) in [7, 11) is 4.83. The molecule has 0 aromatic heterocycles. The van der Waals surface area contributed by atoms with Gasteiger partial charge in [-0.2, -0.15) is 0 Å². The molecular formula is C22H28N2O4. The lowest BCUT2D eigenvalue weighted by Gasteiger charge is -2.35. The fraction of sp³-hybridized carbons (Fsp3) is 0.409. The minimum atomic E-state index is -0.0470. The summed E-state index contributed by atoms with van der Waals surface area (Å²) >= 11 is 0. The summed E-state index contributed by atoms with van der Waals surface area (Å²) in [6.45, 7) is 5.93. The van der Waals surface area contributed by atoms with Gasteiger partial charge in [-0.15, -0.1) is 0 Å². The van der Waals surface area contributed by atoms with Gasteiger partial charge in [-0.05, 0) is 36.2 Å². The first-order chi connectivity index (χ1) is 13.6. The van der Waals surface area contributed by atoms with Crippen LogP contribution in [-0.4, -0.2) is 63.2 Å². The normalized spacial score (nSPS) is 14.6. The van der Waals surface area contributed by atoms with Crippen LogP contribution in [0.25, 0.3) is 0 Å². The Kier molecular flexibility index (Phi) is 6.41. The Labute approximate surface area is 166 Å². The summed E-state index contributed by atoms with van der Waals surface area (Å²) < 4.78 is 16.1. The molecule has 6 heteroatoms. The molecule has 0 radical (unpaired) electrons. The van der Waals surface area contributed by atoms with Crippen molar-refractivity contribution < 1.29 is 19.0 Å². The molecule has 2 aromatic carbocycles. The second kappa shape index (κ2) is 8.97. The topological polar surface area (TPSA) is 51.2 Å². The van der Waals surface area contributed by atoms with Crippen molar-refractivity contribution in [2.75, 3.05) is 47.5 Å². The molecule has 0 atom stereocenters. The van der Waals surface area contributed by atoms with Gasteiger partial charge in [0.15, 0.2) is 0 Å². The van der Waals surface area contributed by atoms with Gasteiger partial charge in [-0.25, -0.2) is 0 Å². The van der Waals surface area contributed by atoms with Crippen molar-refractivity contribution >= 4 is 5.91 Å².